The van der Waals surface area contributed by atoms with Crippen molar-refractivity contribution in [1.29, 1.82) is 0 Å². The molecule has 0 bridgehead atoms. The third-order valence-electron chi connectivity index (χ3n) is 2.63. The van der Waals surface area contributed by atoms with Gasteiger partial charge in [-0.1, -0.05) is 59.2 Å². The standard InChI is InChI=1S/C15H14ClNOS/c16-15(17-18)10-12-6-8-13(9-7-12)11-19-14-4-2-1-3-5-14/h1-9,18H,10-11H2/b17-15-. The Bertz CT molecular complexity index is 540. The van der Waals surface area contributed by atoms with Crippen LogP contribution in [0.2, 0.25) is 0 Å². The van der Waals surface area contributed by atoms with Crippen LogP contribution in [0, 0.1) is 0 Å². The van der Waals surface area contributed by atoms with Crippen LogP contribution in [0.15, 0.2) is 64.6 Å². The zero-order chi connectivity index (χ0) is 13.5. The molecular weight excluding hydrogens is 278 g/mol. The van der Waals surface area contributed by atoms with Gasteiger partial charge in [-0.05, 0) is 23.3 Å². The van der Waals surface area contributed by atoms with Gasteiger partial charge in [0.25, 0.3) is 0 Å². The highest BCUT2D eigenvalue weighted by Gasteiger charge is 2.00. The van der Waals surface area contributed by atoms with Crippen molar-refractivity contribution in [1.82, 2.24) is 0 Å². The van der Waals surface area contributed by atoms with Crippen LogP contribution >= 0.6 is 23.4 Å². The lowest BCUT2D eigenvalue weighted by Crippen LogP contribution is -1.94. The highest BCUT2D eigenvalue weighted by Crippen LogP contribution is 2.22. The highest BCUT2D eigenvalue weighted by molar-refractivity contribution is 7.98. The van der Waals surface area contributed by atoms with Gasteiger partial charge in [-0.25, -0.2) is 0 Å². The van der Waals surface area contributed by atoms with Crippen molar-refractivity contribution >= 4 is 28.5 Å². The minimum atomic E-state index is 0.200. The van der Waals surface area contributed by atoms with Gasteiger partial charge in [0, 0.05) is 17.1 Å². The van der Waals surface area contributed by atoms with Crippen molar-refractivity contribution in [2.24, 2.45) is 5.16 Å². The molecule has 2 nitrogen and oxygen atoms in total. The molecule has 0 amide bonds. The van der Waals surface area contributed by atoms with Gasteiger partial charge in [-0.15, -0.1) is 11.8 Å². The fraction of sp³-hybridized carbons (Fsp3) is 0.133. The van der Waals surface area contributed by atoms with E-state index in [-0.39, 0.29) is 5.17 Å². The lowest BCUT2D eigenvalue weighted by Gasteiger charge is -2.03. The van der Waals surface area contributed by atoms with Gasteiger partial charge in [0.2, 0.25) is 0 Å². The summed E-state index contributed by atoms with van der Waals surface area (Å²) in [4.78, 5) is 1.27. The molecule has 2 aromatic rings. The quantitative estimate of drug-likeness (QED) is 0.379. The number of thioether (sulfide) groups is 1. The molecule has 1 N–H and O–H groups in total. The van der Waals surface area contributed by atoms with Crippen LogP contribution in [0.1, 0.15) is 11.1 Å². The molecule has 0 radical (unpaired) electrons. The molecule has 0 aliphatic carbocycles. The zero-order valence-electron chi connectivity index (χ0n) is 10.3. The molecule has 0 aromatic heterocycles. The number of hydrogen-bond acceptors (Lipinski definition) is 3. The summed E-state index contributed by atoms with van der Waals surface area (Å²) >= 11 is 7.48. The van der Waals surface area contributed by atoms with E-state index in [1.54, 1.807) is 0 Å². The summed E-state index contributed by atoms with van der Waals surface area (Å²) in [5, 5.41) is 11.7. The average Bonchev–Trinajstić information content (AvgIpc) is 2.47. The summed E-state index contributed by atoms with van der Waals surface area (Å²) < 4.78 is 0. The van der Waals surface area contributed by atoms with E-state index >= 15 is 0 Å². The van der Waals surface area contributed by atoms with E-state index in [2.05, 4.69) is 29.4 Å². The Hall–Kier alpha value is -1.45. The summed E-state index contributed by atoms with van der Waals surface area (Å²) in [7, 11) is 0. The summed E-state index contributed by atoms with van der Waals surface area (Å²) in [6.45, 7) is 0. The molecule has 0 aliphatic heterocycles. The average molecular weight is 292 g/mol. The van der Waals surface area contributed by atoms with Crippen molar-refractivity contribution in [3.05, 3.63) is 65.7 Å². The number of nitrogens with zero attached hydrogens (tertiary/aromatic N) is 1. The lowest BCUT2D eigenvalue weighted by atomic mass is 10.1. The molecule has 4 heteroatoms. The Balaban J connectivity index is 1.92. The number of hydrogen-bond donors (Lipinski definition) is 1. The van der Waals surface area contributed by atoms with Gasteiger partial charge in [0.1, 0.15) is 5.17 Å². The second-order valence-corrected chi connectivity index (χ2v) is 5.56. The fourth-order valence-electron chi connectivity index (χ4n) is 1.64. The van der Waals surface area contributed by atoms with E-state index in [0.29, 0.717) is 6.42 Å². The molecule has 0 saturated heterocycles. The maximum Gasteiger partial charge on any atom is 0.149 e. The number of benzene rings is 2. The predicted octanol–water partition coefficient (Wildman–Crippen LogP) is 4.55. The first-order chi connectivity index (χ1) is 9.28. The van der Waals surface area contributed by atoms with Crippen LogP contribution in [0.4, 0.5) is 0 Å². The predicted molar refractivity (Wildman–Crippen MR) is 81.2 cm³/mol. The number of halogens is 1. The van der Waals surface area contributed by atoms with Crippen LogP contribution in [-0.4, -0.2) is 10.4 Å². The van der Waals surface area contributed by atoms with Crippen molar-refractivity contribution in [3.8, 4) is 0 Å². The number of oxime groups is 1. The maximum absolute atomic E-state index is 8.51. The Morgan fingerprint density at radius 2 is 1.63 bits per heavy atom. The normalized spacial score (nSPS) is 11.5. The summed E-state index contributed by atoms with van der Waals surface area (Å²) in [5.74, 6) is 0.937. The summed E-state index contributed by atoms with van der Waals surface area (Å²) in [6.07, 6.45) is 0.462. The van der Waals surface area contributed by atoms with Gasteiger partial charge in [0.15, 0.2) is 0 Å². The molecule has 2 rings (SSSR count). The van der Waals surface area contributed by atoms with Gasteiger partial charge < -0.3 is 5.21 Å². The topological polar surface area (TPSA) is 32.6 Å². The monoisotopic (exact) mass is 291 g/mol. The first-order valence-electron chi connectivity index (χ1n) is 5.90. The van der Waals surface area contributed by atoms with Crippen LogP contribution in [-0.2, 0) is 12.2 Å². The first kappa shape index (κ1) is 14.0. The van der Waals surface area contributed by atoms with Crippen molar-refractivity contribution in [3.63, 3.8) is 0 Å². The fourth-order valence-corrected chi connectivity index (χ4v) is 2.67. The van der Waals surface area contributed by atoms with Gasteiger partial charge in [0.05, 0.1) is 0 Å². The Kier molecular flexibility index (Phi) is 5.31. The molecule has 0 heterocycles. The zero-order valence-corrected chi connectivity index (χ0v) is 11.9. The molecule has 0 unspecified atom stereocenters. The van der Waals surface area contributed by atoms with Gasteiger partial charge >= 0.3 is 0 Å². The van der Waals surface area contributed by atoms with E-state index in [4.69, 9.17) is 16.8 Å². The molecule has 0 saturated carbocycles. The SMILES string of the molecule is O/N=C(\Cl)Cc1ccc(CSc2ccccc2)cc1. The van der Waals surface area contributed by atoms with E-state index < -0.39 is 0 Å². The minimum Gasteiger partial charge on any atom is -0.410 e. The number of rotatable bonds is 5. The van der Waals surface area contributed by atoms with Crippen LogP contribution in [0.3, 0.4) is 0 Å². The maximum atomic E-state index is 8.51. The Morgan fingerprint density at radius 1 is 1.00 bits per heavy atom. The van der Waals surface area contributed by atoms with Gasteiger partial charge in [-0.3, -0.25) is 0 Å². The van der Waals surface area contributed by atoms with Gasteiger partial charge in [-0.2, -0.15) is 0 Å². The van der Waals surface area contributed by atoms with Crippen molar-refractivity contribution < 1.29 is 5.21 Å². The van der Waals surface area contributed by atoms with Crippen LogP contribution < -0.4 is 0 Å². The molecular formula is C15H14ClNOS. The first-order valence-corrected chi connectivity index (χ1v) is 7.26. The lowest BCUT2D eigenvalue weighted by molar-refractivity contribution is 0.319. The molecule has 0 atom stereocenters. The summed E-state index contributed by atoms with van der Waals surface area (Å²) in [6, 6.07) is 18.5. The van der Waals surface area contributed by atoms with E-state index in [1.807, 2.05) is 42.1 Å². The molecule has 0 spiro atoms. The van der Waals surface area contributed by atoms with E-state index in [9.17, 15) is 0 Å². The molecule has 98 valence electrons. The minimum absolute atomic E-state index is 0.200. The smallest absolute Gasteiger partial charge is 0.149 e. The van der Waals surface area contributed by atoms with E-state index in [1.165, 1.54) is 10.5 Å². The Labute approximate surface area is 122 Å². The second-order valence-electron chi connectivity index (χ2n) is 4.07. The molecule has 19 heavy (non-hydrogen) atoms. The Morgan fingerprint density at radius 3 is 2.26 bits per heavy atom. The van der Waals surface area contributed by atoms with Crippen LogP contribution in [0.5, 0.6) is 0 Å². The molecule has 0 aliphatic rings. The van der Waals surface area contributed by atoms with Crippen LogP contribution in [0.25, 0.3) is 0 Å². The largest absolute Gasteiger partial charge is 0.410 e. The highest BCUT2D eigenvalue weighted by atomic mass is 35.5. The molecule has 2 aromatic carbocycles. The summed E-state index contributed by atoms with van der Waals surface area (Å²) in [5.41, 5.74) is 2.30. The van der Waals surface area contributed by atoms with Crippen molar-refractivity contribution in [2.45, 2.75) is 17.1 Å². The van der Waals surface area contributed by atoms with E-state index in [0.717, 1.165) is 11.3 Å². The third kappa shape index (κ3) is 4.62. The molecule has 0 fully saturated rings. The van der Waals surface area contributed by atoms with Crippen molar-refractivity contribution in [2.75, 3.05) is 0 Å². The second kappa shape index (κ2) is 7.22. The third-order valence-corrected chi connectivity index (χ3v) is 3.92.